The number of ketones is 1. The van der Waals surface area contributed by atoms with Gasteiger partial charge in [0.2, 0.25) is 0 Å². The number of carboxylic acid groups (broad SMARTS) is 1. The first-order chi connectivity index (χ1) is 10.7. The van der Waals surface area contributed by atoms with Gasteiger partial charge in [-0.1, -0.05) is 12.1 Å². The molecule has 2 aliphatic rings. The average Bonchev–Trinajstić information content (AvgIpc) is 3.16. The van der Waals surface area contributed by atoms with E-state index in [9.17, 15) is 19.9 Å². The zero-order chi connectivity index (χ0) is 17.0. The van der Waals surface area contributed by atoms with Gasteiger partial charge in [-0.05, 0) is 45.7 Å². The predicted molar refractivity (Wildman–Crippen MR) is 85.0 cm³/mol. The first kappa shape index (κ1) is 15.8. The number of carbonyl (C=O) groups excluding carboxylic acids is 1. The Bertz CT molecular complexity index is 661. The highest BCUT2D eigenvalue weighted by molar-refractivity contribution is 6.10. The molecule has 1 fully saturated rings. The molecule has 0 spiro atoms. The third-order valence-electron chi connectivity index (χ3n) is 4.75. The van der Waals surface area contributed by atoms with Gasteiger partial charge in [0.15, 0.2) is 5.78 Å². The van der Waals surface area contributed by atoms with Gasteiger partial charge >= 0.3 is 6.09 Å². The van der Waals surface area contributed by atoms with Crippen LogP contribution in [0, 0.1) is 0 Å². The summed E-state index contributed by atoms with van der Waals surface area (Å²) in [7, 11) is 0. The minimum absolute atomic E-state index is 0.145. The molecule has 1 aromatic rings. The molecule has 0 radical (unpaired) electrons. The van der Waals surface area contributed by atoms with Crippen molar-refractivity contribution < 1.29 is 19.9 Å². The van der Waals surface area contributed by atoms with Crippen LogP contribution in [0.4, 0.5) is 10.5 Å². The van der Waals surface area contributed by atoms with Crippen molar-refractivity contribution in [1.82, 2.24) is 4.90 Å². The number of hydrogen-bond donors (Lipinski definition) is 2. The number of Topliss-reactive ketones (excluding diaryl/α,β-unsaturated/α-hetero) is 1. The fourth-order valence-corrected chi connectivity index (χ4v) is 3.74. The van der Waals surface area contributed by atoms with E-state index >= 15 is 0 Å². The molecule has 1 aliphatic heterocycles. The summed E-state index contributed by atoms with van der Waals surface area (Å²) in [5.74, 6) is -0.145. The smallest absolute Gasteiger partial charge is 0.408 e. The van der Waals surface area contributed by atoms with Crippen LogP contribution < -0.4 is 5.06 Å². The van der Waals surface area contributed by atoms with E-state index < -0.39 is 23.2 Å². The number of amides is 1. The Morgan fingerprint density at radius 1 is 1.35 bits per heavy atom. The van der Waals surface area contributed by atoms with Crippen LogP contribution in [0.25, 0.3) is 0 Å². The largest absolute Gasteiger partial charge is 0.465 e. The lowest BCUT2D eigenvalue weighted by atomic mass is 9.95. The van der Waals surface area contributed by atoms with Crippen molar-refractivity contribution in [2.45, 2.75) is 57.2 Å². The molecular formula is C17H22N2O4. The Morgan fingerprint density at radius 2 is 1.96 bits per heavy atom. The van der Waals surface area contributed by atoms with Gasteiger partial charge in [0, 0.05) is 23.1 Å². The molecule has 1 heterocycles. The van der Waals surface area contributed by atoms with Crippen molar-refractivity contribution in [2.75, 3.05) is 5.06 Å². The van der Waals surface area contributed by atoms with Crippen LogP contribution in [0.15, 0.2) is 24.3 Å². The Labute approximate surface area is 135 Å². The number of carbonyl (C=O) groups is 2. The van der Waals surface area contributed by atoms with Crippen LogP contribution in [0.5, 0.6) is 0 Å². The number of para-hydroxylation sites is 1. The van der Waals surface area contributed by atoms with E-state index in [0.29, 0.717) is 30.5 Å². The van der Waals surface area contributed by atoms with E-state index in [2.05, 4.69) is 0 Å². The Kier molecular flexibility index (Phi) is 3.41. The van der Waals surface area contributed by atoms with E-state index in [0.717, 1.165) is 5.06 Å². The molecule has 6 heteroatoms. The number of nitrogens with zero attached hydrogens (tertiary/aromatic N) is 2. The molecule has 124 valence electrons. The summed E-state index contributed by atoms with van der Waals surface area (Å²) in [5, 5.41) is 21.0. The summed E-state index contributed by atoms with van der Waals surface area (Å²) in [6.45, 7) is 5.55. The number of hydroxylamine groups is 1. The predicted octanol–water partition coefficient (Wildman–Crippen LogP) is 3.15. The molecule has 1 aromatic carbocycles. The number of rotatable bonds is 3. The van der Waals surface area contributed by atoms with Gasteiger partial charge in [0.1, 0.15) is 6.04 Å². The van der Waals surface area contributed by atoms with E-state index in [4.69, 9.17) is 0 Å². The highest BCUT2D eigenvalue weighted by Gasteiger charge is 2.57. The Balaban J connectivity index is 1.88. The van der Waals surface area contributed by atoms with Crippen LogP contribution in [0.3, 0.4) is 0 Å². The van der Waals surface area contributed by atoms with Crippen LogP contribution >= 0.6 is 0 Å². The van der Waals surface area contributed by atoms with Crippen molar-refractivity contribution >= 4 is 17.6 Å². The third kappa shape index (κ3) is 2.47. The van der Waals surface area contributed by atoms with Gasteiger partial charge in [0.25, 0.3) is 0 Å². The molecule has 0 saturated heterocycles. The van der Waals surface area contributed by atoms with E-state index in [1.54, 1.807) is 24.3 Å². The molecule has 2 N–H and O–H groups in total. The van der Waals surface area contributed by atoms with Gasteiger partial charge in [-0.15, -0.1) is 0 Å². The second kappa shape index (κ2) is 4.96. The van der Waals surface area contributed by atoms with Crippen LogP contribution in [0.1, 0.15) is 50.4 Å². The summed E-state index contributed by atoms with van der Waals surface area (Å²) in [4.78, 5) is 25.8. The maximum absolute atomic E-state index is 12.6. The molecule has 0 aromatic heterocycles. The van der Waals surface area contributed by atoms with Crippen LogP contribution in [-0.4, -0.2) is 44.2 Å². The lowest BCUT2D eigenvalue weighted by Crippen LogP contribution is -2.55. The lowest BCUT2D eigenvalue weighted by molar-refractivity contribution is 0.0480. The van der Waals surface area contributed by atoms with Gasteiger partial charge in [-0.3, -0.25) is 14.9 Å². The zero-order valence-corrected chi connectivity index (χ0v) is 13.6. The summed E-state index contributed by atoms with van der Waals surface area (Å²) in [6.07, 6.45) is 0.748. The highest BCUT2D eigenvalue weighted by Crippen LogP contribution is 2.50. The number of anilines is 1. The maximum atomic E-state index is 12.6. The fraction of sp³-hybridized carbons (Fsp3) is 0.529. The molecule has 1 saturated carbocycles. The molecule has 0 bridgehead atoms. The second-order valence-corrected chi connectivity index (χ2v) is 7.46. The van der Waals surface area contributed by atoms with Crippen molar-refractivity contribution in [3.05, 3.63) is 29.8 Å². The molecule has 1 aliphatic carbocycles. The van der Waals surface area contributed by atoms with Crippen LogP contribution in [-0.2, 0) is 0 Å². The molecular weight excluding hydrogens is 296 g/mol. The lowest BCUT2D eigenvalue weighted by Gasteiger charge is -2.41. The van der Waals surface area contributed by atoms with Gasteiger partial charge < -0.3 is 5.11 Å². The van der Waals surface area contributed by atoms with Gasteiger partial charge in [-0.25, -0.2) is 9.86 Å². The SMILES string of the molecule is CC(C)(C)N(C(=O)O)C1(CC2C(=O)c3ccccc3N2O)CC1. The first-order valence-corrected chi connectivity index (χ1v) is 7.82. The fourth-order valence-electron chi connectivity index (χ4n) is 3.74. The Morgan fingerprint density at radius 3 is 2.43 bits per heavy atom. The summed E-state index contributed by atoms with van der Waals surface area (Å²) < 4.78 is 0. The molecule has 6 nitrogen and oxygen atoms in total. The van der Waals surface area contributed by atoms with Gasteiger partial charge in [-0.2, -0.15) is 0 Å². The normalized spacial score (nSPS) is 22.0. The summed E-state index contributed by atoms with van der Waals surface area (Å²) in [5.41, 5.74) is -0.144. The number of hydrogen-bond acceptors (Lipinski definition) is 4. The van der Waals surface area contributed by atoms with Crippen LogP contribution in [0.2, 0.25) is 0 Å². The topological polar surface area (TPSA) is 81.1 Å². The Hall–Kier alpha value is -2.08. The number of fused-ring (bicyclic) bond motifs is 1. The molecule has 1 atom stereocenters. The highest BCUT2D eigenvalue weighted by atomic mass is 16.5. The van der Waals surface area contributed by atoms with Crippen molar-refractivity contribution in [3.63, 3.8) is 0 Å². The standard InChI is InChI=1S/C17H22N2O4/c1-16(2,3)19(15(21)22)17(8-9-17)10-13-14(20)11-6-4-5-7-12(11)18(13)23/h4-7,13,23H,8-10H2,1-3H3,(H,21,22). The second-order valence-electron chi connectivity index (χ2n) is 7.46. The van der Waals surface area contributed by atoms with E-state index in [1.807, 2.05) is 20.8 Å². The molecule has 23 heavy (non-hydrogen) atoms. The first-order valence-electron chi connectivity index (χ1n) is 7.82. The summed E-state index contributed by atoms with van der Waals surface area (Å²) >= 11 is 0. The molecule has 1 unspecified atom stereocenters. The minimum atomic E-state index is -0.984. The van der Waals surface area contributed by atoms with E-state index in [-0.39, 0.29) is 5.78 Å². The molecule has 1 amide bonds. The minimum Gasteiger partial charge on any atom is -0.465 e. The average molecular weight is 318 g/mol. The van der Waals surface area contributed by atoms with E-state index in [1.165, 1.54) is 4.90 Å². The van der Waals surface area contributed by atoms with Crippen molar-refractivity contribution in [3.8, 4) is 0 Å². The van der Waals surface area contributed by atoms with Crippen molar-refractivity contribution in [2.24, 2.45) is 0 Å². The maximum Gasteiger partial charge on any atom is 0.408 e. The van der Waals surface area contributed by atoms with Crippen molar-refractivity contribution in [1.29, 1.82) is 0 Å². The van der Waals surface area contributed by atoms with Gasteiger partial charge in [0.05, 0.1) is 5.69 Å². The summed E-state index contributed by atoms with van der Waals surface area (Å²) in [6, 6.07) is 6.20. The number of benzene rings is 1. The zero-order valence-electron chi connectivity index (χ0n) is 13.6. The third-order valence-corrected chi connectivity index (χ3v) is 4.75. The quantitative estimate of drug-likeness (QED) is 0.895. The molecule has 3 rings (SSSR count). The monoisotopic (exact) mass is 318 g/mol.